The number of halogens is 1. The lowest BCUT2D eigenvalue weighted by molar-refractivity contribution is -0.384. The van der Waals surface area contributed by atoms with Crippen molar-refractivity contribution in [3.63, 3.8) is 0 Å². The molecule has 1 amide bonds. The van der Waals surface area contributed by atoms with E-state index in [1.807, 2.05) is 6.07 Å². The summed E-state index contributed by atoms with van der Waals surface area (Å²) in [7, 11) is 0. The van der Waals surface area contributed by atoms with Crippen molar-refractivity contribution in [1.82, 2.24) is 0 Å². The number of nitrogens with zero attached hydrogens (tertiary/aromatic N) is 1. The molecule has 0 spiro atoms. The number of rotatable bonds is 7. The molecule has 0 atom stereocenters. The van der Waals surface area contributed by atoms with Gasteiger partial charge in [-0.3, -0.25) is 14.9 Å². The van der Waals surface area contributed by atoms with Gasteiger partial charge in [0.05, 0.1) is 27.8 Å². The van der Waals surface area contributed by atoms with Crippen molar-refractivity contribution < 1.29 is 19.2 Å². The number of anilines is 1. The van der Waals surface area contributed by atoms with Gasteiger partial charge in [-0.2, -0.15) is 0 Å². The number of benzene rings is 3. The highest BCUT2D eigenvalue weighted by molar-refractivity contribution is 6.36. The molecule has 0 bridgehead atoms. The Morgan fingerprint density at radius 3 is 2.44 bits per heavy atom. The van der Waals surface area contributed by atoms with Crippen LogP contribution in [0.15, 0.2) is 72.8 Å². The zero-order valence-corrected chi connectivity index (χ0v) is 17.8. The van der Waals surface area contributed by atoms with Gasteiger partial charge in [0.2, 0.25) is 0 Å². The predicted molar refractivity (Wildman–Crippen MR) is 123 cm³/mol. The van der Waals surface area contributed by atoms with Gasteiger partial charge in [-0.15, -0.1) is 0 Å². The first-order chi connectivity index (χ1) is 15.4. The number of esters is 1. The van der Waals surface area contributed by atoms with Crippen LogP contribution in [-0.2, 0) is 9.53 Å². The molecule has 3 rings (SSSR count). The highest BCUT2D eigenvalue weighted by Gasteiger charge is 2.16. The molecule has 0 aliphatic heterocycles. The van der Waals surface area contributed by atoms with Crippen LogP contribution in [0.3, 0.4) is 0 Å². The number of carbonyl (C=O) groups is 2. The quantitative estimate of drug-likeness (QED) is 0.166. The number of ether oxygens (including phenoxy) is 1. The predicted octanol–water partition coefficient (Wildman–Crippen LogP) is 5.60. The van der Waals surface area contributed by atoms with Crippen molar-refractivity contribution in [2.75, 3.05) is 11.9 Å². The second-order valence-corrected chi connectivity index (χ2v) is 7.05. The van der Waals surface area contributed by atoms with Crippen LogP contribution in [0.1, 0.15) is 28.4 Å². The monoisotopic (exact) mass is 450 g/mol. The van der Waals surface area contributed by atoms with Gasteiger partial charge in [0, 0.05) is 17.7 Å². The Hall–Kier alpha value is -3.97. The molecule has 0 saturated heterocycles. The molecule has 0 unspecified atom stereocenters. The summed E-state index contributed by atoms with van der Waals surface area (Å²) in [5.74, 6) is -0.976. The molecule has 0 saturated carbocycles. The molecule has 3 aromatic rings. The zero-order chi connectivity index (χ0) is 23.1. The van der Waals surface area contributed by atoms with Gasteiger partial charge in [0.25, 0.3) is 11.6 Å². The Morgan fingerprint density at radius 1 is 1.03 bits per heavy atom. The fraction of sp³-hybridized carbons (Fsp3) is 0.0833. The minimum Gasteiger partial charge on any atom is -0.462 e. The van der Waals surface area contributed by atoms with E-state index in [2.05, 4.69) is 5.32 Å². The number of non-ortho nitro benzene ring substituents is 1. The highest BCUT2D eigenvalue weighted by atomic mass is 35.5. The second-order valence-electron chi connectivity index (χ2n) is 6.65. The molecule has 0 aliphatic rings. The van der Waals surface area contributed by atoms with E-state index in [-0.39, 0.29) is 28.5 Å². The Morgan fingerprint density at radius 2 is 1.78 bits per heavy atom. The third-order valence-corrected chi connectivity index (χ3v) is 4.76. The van der Waals surface area contributed by atoms with E-state index in [1.54, 1.807) is 49.4 Å². The van der Waals surface area contributed by atoms with Crippen LogP contribution >= 0.6 is 11.6 Å². The van der Waals surface area contributed by atoms with E-state index in [4.69, 9.17) is 16.3 Å². The summed E-state index contributed by atoms with van der Waals surface area (Å²) < 4.78 is 4.95. The normalized spacial score (nSPS) is 11.0. The van der Waals surface area contributed by atoms with Crippen molar-refractivity contribution in [2.45, 2.75) is 6.92 Å². The first-order valence-corrected chi connectivity index (χ1v) is 10.1. The average Bonchev–Trinajstić information content (AvgIpc) is 2.79. The van der Waals surface area contributed by atoms with E-state index < -0.39 is 16.8 Å². The first kappa shape index (κ1) is 22.7. The van der Waals surface area contributed by atoms with Gasteiger partial charge in [0.1, 0.15) is 0 Å². The lowest BCUT2D eigenvalue weighted by Crippen LogP contribution is -2.14. The maximum Gasteiger partial charge on any atom is 0.338 e. The van der Waals surface area contributed by atoms with Crippen LogP contribution in [0.25, 0.3) is 11.6 Å². The summed E-state index contributed by atoms with van der Waals surface area (Å²) in [6.07, 6.45) is 1.57. The SMILES string of the molecule is CCOC(=O)c1ccc(NC(=O)/C(=C/c2cccc([N+](=O)[O-])c2)c2ccccc2)c(Cl)c1. The molecule has 0 fully saturated rings. The van der Waals surface area contributed by atoms with E-state index in [1.165, 1.54) is 30.3 Å². The minimum atomic E-state index is -0.511. The van der Waals surface area contributed by atoms with Crippen LogP contribution in [0, 0.1) is 10.1 Å². The van der Waals surface area contributed by atoms with E-state index in [9.17, 15) is 19.7 Å². The highest BCUT2D eigenvalue weighted by Crippen LogP contribution is 2.27. The number of nitro benzene ring substituents is 1. The van der Waals surface area contributed by atoms with Gasteiger partial charge < -0.3 is 10.1 Å². The molecule has 32 heavy (non-hydrogen) atoms. The standard InChI is InChI=1S/C24H19ClN2O5/c1-2-32-24(29)18-11-12-22(21(25)15-18)26-23(28)20(17-8-4-3-5-9-17)14-16-7-6-10-19(13-16)27(30)31/h3-15H,2H2,1H3,(H,26,28)/b20-14+. The molecule has 0 aromatic heterocycles. The number of nitro groups is 1. The number of hydrogen-bond donors (Lipinski definition) is 1. The lowest BCUT2D eigenvalue weighted by Gasteiger charge is -2.12. The van der Waals surface area contributed by atoms with E-state index >= 15 is 0 Å². The van der Waals surface area contributed by atoms with Gasteiger partial charge in [-0.05, 0) is 42.3 Å². The molecular formula is C24H19ClN2O5. The number of carbonyl (C=O) groups excluding carboxylic acids is 2. The summed E-state index contributed by atoms with van der Waals surface area (Å²) in [6.45, 7) is 1.94. The Labute approximate surface area is 189 Å². The Kier molecular flexibility index (Phi) is 7.36. The fourth-order valence-corrected chi connectivity index (χ4v) is 3.17. The molecule has 8 heteroatoms. The molecule has 0 aliphatic carbocycles. The molecule has 7 nitrogen and oxygen atoms in total. The molecular weight excluding hydrogens is 432 g/mol. The minimum absolute atomic E-state index is 0.0795. The summed E-state index contributed by atoms with van der Waals surface area (Å²) in [5, 5.41) is 14.0. The van der Waals surface area contributed by atoms with Crippen LogP contribution in [0.2, 0.25) is 5.02 Å². The maximum atomic E-state index is 13.1. The van der Waals surface area contributed by atoms with Crippen molar-refractivity contribution in [3.8, 4) is 0 Å². The molecule has 162 valence electrons. The third-order valence-electron chi connectivity index (χ3n) is 4.45. The number of amides is 1. The van der Waals surface area contributed by atoms with Crippen molar-refractivity contribution in [2.24, 2.45) is 0 Å². The van der Waals surface area contributed by atoms with Crippen LogP contribution < -0.4 is 5.32 Å². The van der Waals surface area contributed by atoms with Crippen LogP contribution in [0.4, 0.5) is 11.4 Å². The largest absolute Gasteiger partial charge is 0.462 e. The number of nitrogens with one attached hydrogen (secondary N) is 1. The summed E-state index contributed by atoms with van der Waals surface area (Å²) in [6, 6.07) is 19.3. The summed E-state index contributed by atoms with van der Waals surface area (Å²) in [5.41, 5.74) is 1.91. The smallest absolute Gasteiger partial charge is 0.338 e. The van der Waals surface area contributed by atoms with Crippen molar-refractivity contribution in [1.29, 1.82) is 0 Å². The van der Waals surface area contributed by atoms with Crippen molar-refractivity contribution >= 4 is 46.5 Å². The van der Waals surface area contributed by atoms with E-state index in [0.717, 1.165) is 0 Å². The lowest BCUT2D eigenvalue weighted by atomic mass is 10.0. The zero-order valence-electron chi connectivity index (χ0n) is 17.1. The molecule has 0 radical (unpaired) electrons. The first-order valence-electron chi connectivity index (χ1n) is 9.68. The number of hydrogen-bond acceptors (Lipinski definition) is 5. The topological polar surface area (TPSA) is 98.5 Å². The van der Waals surface area contributed by atoms with E-state index in [0.29, 0.717) is 16.8 Å². The van der Waals surface area contributed by atoms with Gasteiger partial charge >= 0.3 is 5.97 Å². The fourth-order valence-electron chi connectivity index (χ4n) is 2.94. The Bertz CT molecular complexity index is 1190. The van der Waals surface area contributed by atoms with Crippen LogP contribution in [-0.4, -0.2) is 23.4 Å². The van der Waals surface area contributed by atoms with Gasteiger partial charge in [-0.1, -0.05) is 54.1 Å². The van der Waals surface area contributed by atoms with Crippen molar-refractivity contribution in [3.05, 3.63) is 105 Å². The summed E-state index contributed by atoms with van der Waals surface area (Å²) in [4.78, 5) is 35.6. The second kappa shape index (κ2) is 10.4. The Balaban J connectivity index is 1.94. The maximum absolute atomic E-state index is 13.1. The van der Waals surface area contributed by atoms with Crippen LogP contribution in [0.5, 0.6) is 0 Å². The molecule has 0 heterocycles. The molecule has 1 N–H and O–H groups in total. The summed E-state index contributed by atoms with van der Waals surface area (Å²) >= 11 is 6.27. The van der Waals surface area contributed by atoms with Gasteiger partial charge in [0.15, 0.2) is 0 Å². The average molecular weight is 451 g/mol. The molecule has 3 aromatic carbocycles. The van der Waals surface area contributed by atoms with Gasteiger partial charge in [-0.25, -0.2) is 4.79 Å². The third kappa shape index (κ3) is 5.59.